The van der Waals surface area contributed by atoms with Crippen LogP contribution in [0.4, 0.5) is 5.13 Å². The highest BCUT2D eigenvalue weighted by molar-refractivity contribution is 7.93. The van der Waals surface area contributed by atoms with Crippen LogP contribution in [-0.2, 0) is 20.0 Å². The first-order chi connectivity index (χ1) is 15.0. The van der Waals surface area contributed by atoms with Crippen molar-refractivity contribution < 1.29 is 16.8 Å². The highest BCUT2D eigenvalue weighted by atomic mass is 32.2. The first-order valence-corrected chi connectivity index (χ1v) is 13.8. The van der Waals surface area contributed by atoms with Crippen LogP contribution in [0.3, 0.4) is 0 Å². The quantitative estimate of drug-likeness (QED) is 0.464. The summed E-state index contributed by atoms with van der Waals surface area (Å²) < 4.78 is 56.2. The average molecular weight is 495 g/mol. The number of hydrogen-bond acceptors (Lipinski definition) is 7. The van der Waals surface area contributed by atoms with Crippen LogP contribution in [0, 0.1) is 19.8 Å². The third kappa shape index (κ3) is 6.12. The number of sulfonamides is 2. The van der Waals surface area contributed by atoms with E-state index in [-0.39, 0.29) is 20.8 Å². The van der Waals surface area contributed by atoms with Gasteiger partial charge in [-0.2, -0.15) is 0 Å². The predicted octanol–water partition coefficient (Wildman–Crippen LogP) is 4.02. The highest BCUT2D eigenvalue weighted by Crippen LogP contribution is 2.29. The number of hydrogen-bond donors (Lipinski definition) is 2. The van der Waals surface area contributed by atoms with Gasteiger partial charge in [0.05, 0.1) is 15.8 Å². The van der Waals surface area contributed by atoms with Crippen molar-refractivity contribution in [1.29, 1.82) is 0 Å². The van der Waals surface area contributed by atoms with Gasteiger partial charge in [-0.15, -0.1) is 10.2 Å². The van der Waals surface area contributed by atoms with Crippen LogP contribution < -0.4 is 9.44 Å². The number of anilines is 1. The van der Waals surface area contributed by atoms with Crippen LogP contribution in [0.25, 0.3) is 0 Å². The molecule has 0 spiro atoms. The standard InChI is InChI=1S/C21H26N4O4S3/c1-14(2)13-19(24-31(26,27)17-9-5-15(3)6-10-17)20-22-23-21(30-20)25-32(28,29)18-11-7-16(4)8-12-18/h5-12,14,19,24H,13H2,1-4H3,(H,23,25). The van der Waals surface area contributed by atoms with Gasteiger partial charge in [0.2, 0.25) is 15.2 Å². The van der Waals surface area contributed by atoms with Gasteiger partial charge in [-0.1, -0.05) is 60.6 Å². The molecule has 1 heterocycles. The maximum Gasteiger partial charge on any atom is 0.263 e. The van der Waals surface area contributed by atoms with Gasteiger partial charge in [-0.25, -0.2) is 21.6 Å². The molecule has 0 aliphatic carbocycles. The Morgan fingerprint density at radius 2 is 1.31 bits per heavy atom. The highest BCUT2D eigenvalue weighted by Gasteiger charge is 2.26. The normalized spacial score (nSPS) is 13.3. The number of aryl methyl sites for hydroxylation is 2. The Labute approximate surface area is 193 Å². The molecule has 1 aromatic heterocycles. The summed E-state index contributed by atoms with van der Waals surface area (Å²) in [5, 5.41) is 8.46. The Balaban J connectivity index is 1.83. The molecular formula is C21H26N4O4S3. The van der Waals surface area contributed by atoms with Gasteiger partial charge >= 0.3 is 0 Å². The fraction of sp³-hybridized carbons (Fsp3) is 0.333. The summed E-state index contributed by atoms with van der Waals surface area (Å²) in [6.45, 7) is 7.68. The van der Waals surface area contributed by atoms with E-state index in [0.29, 0.717) is 11.4 Å². The first kappa shape index (κ1) is 24.3. The molecule has 0 saturated heterocycles. The summed E-state index contributed by atoms with van der Waals surface area (Å²) in [5.74, 6) is 0.164. The first-order valence-electron chi connectivity index (χ1n) is 9.98. The molecule has 1 unspecified atom stereocenters. The fourth-order valence-corrected chi connectivity index (χ4v) is 6.28. The number of aromatic nitrogens is 2. The van der Waals surface area contributed by atoms with Crippen LogP contribution in [0.15, 0.2) is 58.3 Å². The Hall–Kier alpha value is -2.34. The molecule has 172 valence electrons. The van der Waals surface area contributed by atoms with Gasteiger partial charge in [-0.05, 0) is 50.5 Å². The Kier molecular flexibility index (Phi) is 7.33. The lowest BCUT2D eigenvalue weighted by molar-refractivity contribution is 0.469. The minimum Gasteiger partial charge on any atom is -0.253 e. The van der Waals surface area contributed by atoms with Gasteiger partial charge in [-0.3, -0.25) is 4.72 Å². The SMILES string of the molecule is Cc1ccc(S(=O)(=O)Nc2nnc(C(CC(C)C)NS(=O)(=O)c3ccc(C)cc3)s2)cc1. The van der Waals surface area contributed by atoms with Crippen molar-refractivity contribution in [3.05, 3.63) is 64.7 Å². The van der Waals surface area contributed by atoms with E-state index < -0.39 is 26.1 Å². The lowest BCUT2D eigenvalue weighted by atomic mass is 10.1. The van der Waals surface area contributed by atoms with E-state index in [0.717, 1.165) is 22.5 Å². The average Bonchev–Trinajstić information content (AvgIpc) is 3.15. The number of benzene rings is 2. The van der Waals surface area contributed by atoms with E-state index in [1.165, 1.54) is 12.1 Å². The van der Waals surface area contributed by atoms with E-state index in [4.69, 9.17) is 0 Å². The van der Waals surface area contributed by atoms with Crippen molar-refractivity contribution in [3.8, 4) is 0 Å². The molecule has 8 nitrogen and oxygen atoms in total. The molecule has 3 rings (SSSR count). The van der Waals surface area contributed by atoms with Crippen LogP contribution in [0.2, 0.25) is 0 Å². The third-order valence-electron chi connectivity index (χ3n) is 4.63. The Morgan fingerprint density at radius 3 is 1.81 bits per heavy atom. The van der Waals surface area contributed by atoms with Crippen molar-refractivity contribution >= 4 is 36.5 Å². The number of rotatable bonds is 9. The van der Waals surface area contributed by atoms with Gasteiger partial charge in [0.1, 0.15) is 5.01 Å². The molecule has 2 N–H and O–H groups in total. The summed E-state index contributed by atoms with van der Waals surface area (Å²) >= 11 is 1.01. The molecule has 0 bridgehead atoms. The van der Waals surface area contributed by atoms with Crippen molar-refractivity contribution in [1.82, 2.24) is 14.9 Å². The van der Waals surface area contributed by atoms with Gasteiger partial charge in [0.15, 0.2) is 0 Å². The summed E-state index contributed by atoms with van der Waals surface area (Å²) in [6.07, 6.45) is 0.477. The third-order valence-corrected chi connectivity index (χ3v) is 8.55. The molecule has 0 saturated carbocycles. The minimum absolute atomic E-state index is 0.0730. The van der Waals surface area contributed by atoms with Crippen molar-refractivity contribution in [2.75, 3.05) is 4.72 Å². The second-order valence-corrected chi connectivity index (χ2v) is 12.4. The van der Waals surface area contributed by atoms with Crippen LogP contribution in [0.5, 0.6) is 0 Å². The molecule has 0 aliphatic rings. The maximum atomic E-state index is 12.9. The monoisotopic (exact) mass is 494 g/mol. The molecule has 11 heteroatoms. The molecule has 3 aromatic rings. The minimum atomic E-state index is -3.83. The summed E-state index contributed by atoms with van der Waals surface area (Å²) in [7, 11) is -7.62. The lowest BCUT2D eigenvalue weighted by Gasteiger charge is -2.18. The zero-order valence-corrected chi connectivity index (χ0v) is 20.7. The molecule has 0 aliphatic heterocycles. The summed E-state index contributed by atoms with van der Waals surface area (Å²) in [5.41, 5.74) is 1.90. The maximum absolute atomic E-state index is 12.9. The van der Waals surface area contributed by atoms with Gasteiger partial charge in [0, 0.05) is 0 Å². The second-order valence-electron chi connectivity index (χ2n) is 7.98. The largest absolute Gasteiger partial charge is 0.263 e. The molecule has 0 fully saturated rings. The molecular weight excluding hydrogens is 468 g/mol. The predicted molar refractivity (Wildman–Crippen MR) is 126 cm³/mol. The zero-order valence-electron chi connectivity index (χ0n) is 18.2. The van der Waals surface area contributed by atoms with E-state index in [2.05, 4.69) is 19.6 Å². The Bertz CT molecular complexity index is 1270. The van der Waals surface area contributed by atoms with Crippen molar-refractivity contribution in [2.45, 2.75) is 49.9 Å². The summed E-state index contributed by atoms with van der Waals surface area (Å²) in [6, 6.07) is 12.3. The topological polar surface area (TPSA) is 118 Å². The zero-order chi connectivity index (χ0) is 23.5. The molecule has 2 aromatic carbocycles. The van der Waals surface area contributed by atoms with E-state index in [9.17, 15) is 16.8 Å². The van der Waals surface area contributed by atoms with E-state index >= 15 is 0 Å². The van der Waals surface area contributed by atoms with Gasteiger partial charge in [0.25, 0.3) is 10.0 Å². The van der Waals surface area contributed by atoms with Crippen LogP contribution >= 0.6 is 11.3 Å². The molecule has 32 heavy (non-hydrogen) atoms. The smallest absolute Gasteiger partial charge is 0.253 e. The summed E-state index contributed by atoms with van der Waals surface area (Å²) in [4.78, 5) is 0.264. The van der Waals surface area contributed by atoms with Gasteiger partial charge < -0.3 is 0 Å². The molecule has 1 atom stereocenters. The number of nitrogens with one attached hydrogen (secondary N) is 2. The fourth-order valence-electron chi connectivity index (χ4n) is 2.95. The van der Waals surface area contributed by atoms with Crippen LogP contribution in [-0.4, -0.2) is 27.0 Å². The molecule has 0 radical (unpaired) electrons. The van der Waals surface area contributed by atoms with E-state index in [1.807, 2.05) is 27.7 Å². The molecule has 0 amide bonds. The number of nitrogens with zero attached hydrogens (tertiary/aromatic N) is 2. The lowest BCUT2D eigenvalue weighted by Crippen LogP contribution is -2.29. The van der Waals surface area contributed by atoms with Crippen molar-refractivity contribution in [3.63, 3.8) is 0 Å². The van der Waals surface area contributed by atoms with E-state index in [1.54, 1.807) is 36.4 Å². The second kappa shape index (κ2) is 9.65. The van der Waals surface area contributed by atoms with Crippen LogP contribution in [0.1, 0.15) is 42.4 Å². The Morgan fingerprint density at radius 1 is 0.812 bits per heavy atom. The van der Waals surface area contributed by atoms with Crippen molar-refractivity contribution in [2.24, 2.45) is 5.92 Å².